The number of amides is 1. The van der Waals surface area contributed by atoms with Gasteiger partial charge in [-0.2, -0.15) is 4.98 Å². The first-order valence-corrected chi connectivity index (χ1v) is 9.93. The van der Waals surface area contributed by atoms with Gasteiger partial charge in [0.15, 0.2) is 5.82 Å². The highest BCUT2D eigenvalue weighted by Crippen LogP contribution is 2.37. The highest BCUT2D eigenvalue weighted by atomic mass is 32.1. The average molecular weight is 379 g/mol. The summed E-state index contributed by atoms with van der Waals surface area (Å²) < 4.78 is 5.13. The third-order valence-electron chi connectivity index (χ3n) is 4.86. The van der Waals surface area contributed by atoms with Crippen molar-refractivity contribution in [2.24, 2.45) is 0 Å². The van der Waals surface area contributed by atoms with Crippen LogP contribution < -0.4 is 5.32 Å². The number of carbonyl (C=O) groups excluding carboxylic acids is 1. The lowest BCUT2D eigenvalue weighted by atomic mass is 9.96. The minimum absolute atomic E-state index is 0.131. The van der Waals surface area contributed by atoms with Gasteiger partial charge in [-0.25, -0.2) is 0 Å². The van der Waals surface area contributed by atoms with E-state index in [1.165, 1.54) is 10.4 Å². The number of aryl methyl sites for hydroxylation is 1. The Labute approximate surface area is 162 Å². The van der Waals surface area contributed by atoms with Crippen LogP contribution in [0.2, 0.25) is 0 Å². The molecular formula is C21H21N3O2S. The minimum Gasteiger partial charge on any atom is -0.340 e. The van der Waals surface area contributed by atoms with Crippen molar-refractivity contribution in [3.63, 3.8) is 0 Å². The summed E-state index contributed by atoms with van der Waals surface area (Å²) in [5.41, 5.74) is 0.674. The maximum absolute atomic E-state index is 12.6. The fourth-order valence-electron chi connectivity index (χ4n) is 3.51. The smallest absolute Gasteiger partial charge is 0.244 e. The average Bonchev–Trinajstić information content (AvgIpc) is 3.42. The van der Waals surface area contributed by atoms with Crippen LogP contribution in [0.1, 0.15) is 42.3 Å². The van der Waals surface area contributed by atoms with E-state index in [0.29, 0.717) is 11.7 Å². The van der Waals surface area contributed by atoms with Gasteiger partial charge in [-0.15, -0.1) is 11.3 Å². The molecule has 0 bridgehead atoms. The van der Waals surface area contributed by atoms with Gasteiger partial charge in [0.2, 0.25) is 11.8 Å². The number of hydrogen-bond acceptors (Lipinski definition) is 5. The van der Waals surface area contributed by atoms with E-state index in [2.05, 4.69) is 33.7 Å². The second-order valence-corrected chi connectivity index (χ2v) is 7.93. The second-order valence-electron chi connectivity index (χ2n) is 6.82. The zero-order valence-corrected chi connectivity index (χ0v) is 16.0. The van der Waals surface area contributed by atoms with Gasteiger partial charge in [-0.05, 0) is 36.6 Å². The van der Waals surface area contributed by atoms with Crippen LogP contribution in [0.25, 0.3) is 16.5 Å². The highest BCUT2D eigenvalue weighted by Gasteiger charge is 2.40. The van der Waals surface area contributed by atoms with Crippen molar-refractivity contribution in [3.05, 3.63) is 65.1 Å². The van der Waals surface area contributed by atoms with Crippen LogP contribution >= 0.6 is 11.3 Å². The molecule has 1 amide bonds. The Morgan fingerprint density at radius 2 is 1.96 bits per heavy atom. The monoisotopic (exact) mass is 379 g/mol. The molecular weight excluding hydrogens is 358 g/mol. The van der Waals surface area contributed by atoms with Crippen LogP contribution in [0.15, 0.2) is 53.1 Å². The third-order valence-corrected chi connectivity index (χ3v) is 5.96. The van der Waals surface area contributed by atoms with Gasteiger partial charge >= 0.3 is 0 Å². The number of aromatic nitrogens is 2. The molecule has 1 aliphatic carbocycles. The molecule has 27 heavy (non-hydrogen) atoms. The van der Waals surface area contributed by atoms with Gasteiger partial charge in [0.05, 0.1) is 0 Å². The van der Waals surface area contributed by atoms with Crippen LogP contribution in [0.3, 0.4) is 0 Å². The number of nitrogens with one attached hydrogen (secondary N) is 1. The van der Waals surface area contributed by atoms with E-state index in [1.54, 1.807) is 24.3 Å². The lowest BCUT2D eigenvalue weighted by Gasteiger charge is -2.25. The molecule has 0 saturated heterocycles. The fraction of sp³-hybridized carbons (Fsp3) is 0.286. The molecule has 1 aromatic carbocycles. The molecule has 1 aliphatic rings. The van der Waals surface area contributed by atoms with Crippen LogP contribution in [0, 0.1) is 6.92 Å². The zero-order chi connectivity index (χ0) is 18.7. The van der Waals surface area contributed by atoms with E-state index < -0.39 is 5.54 Å². The minimum atomic E-state index is -0.510. The van der Waals surface area contributed by atoms with Gasteiger partial charge in [0, 0.05) is 22.8 Å². The Kier molecular flexibility index (Phi) is 4.90. The van der Waals surface area contributed by atoms with Crippen molar-refractivity contribution in [3.8, 4) is 10.4 Å². The Bertz CT molecular complexity index is 953. The molecule has 0 atom stereocenters. The van der Waals surface area contributed by atoms with Crippen LogP contribution in [0.4, 0.5) is 0 Å². The van der Waals surface area contributed by atoms with Gasteiger partial charge < -0.3 is 9.84 Å². The number of benzene rings is 1. The van der Waals surface area contributed by atoms with E-state index >= 15 is 0 Å². The Balaban J connectivity index is 1.46. The summed E-state index contributed by atoms with van der Waals surface area (Å²) >= 11 is 1.66. The molecule has 0 unspecified atom stereocenters. The lowest BCUT2D eigenvalue weighted by Crippen LogP contribution is -2.44. The maximum Gasteiger partial charge on any atom is 0.244 e. The summed E-state index contributed by atoms with van der Waals surface area (Å²) in [6, 6.07) is 14.3. The van der Waals surface area contributed by atoms with Crippen molar-refractivity contribution >= 4 is 23.3 Å². The van der Waals surface area contributed by atoms with Crippen molar-refractivity contribution in [1.82, 2.24) is 15.5 Å². The number of carbonyl (C=O) groups is 1. The van der Waals surface area contributed by atoms with Gasteiger partial charge in [0.25, 0.3) is 0 Å². The predicted octanol–water partition coefficient (Wildman–Crippen LogP) is 4.71. The molecule has 0 aliphatic heterocycles. The number of hydrogen-bond donors (Lipinski definition) is 1. The highest BCUT2D eigenvalue weighted by molar-refractivity contribution is 7.16. The van der Waals surface area contributed by atoms with E-state index in [1.807, 2.05) is 30.3 Å². The Hall–Kier alpha value is -2.73. The summed E-state index contributed by atoms with van der Waals surface area (Å²) in [5.74, 6) is 0.976. The first-order valence-electron chi connectivity index (χ1n) is 9.11. The molecule has 0 radical (unpaired) electrons. The summed E-state index contributed by atoms with van der Waals surface area (Å²) in [6.07, 6.45) is 7.21. The van der Waals surface area contributed by atoms with Crippen molar-refractivity contribution in [2.75, 3.05) is 0 Å². The second kappa shape index (κ2) is 7.48. The van der Waals surface area contributed by atoms with E-state index in [-0.39, 0.29) is 5.91 Å². The number of thiophene rings is 1. The van der Waals surface area contributed by atoms with Crippen LogP contribution in [-0.4, -0.2) is 16.0 Å². The van der Waals surface area contributed by atoms with Crippen LogP contribution in [0.5, 0.6) is 0 Å². The summed E-state index contributed by atoms with van der Waals surface area (Å²) in [7, 11) is 0. The first kappa shape index (κ1) is 17.7. The Morgan fingerprint density at radius 1 is 1.19 bits per heavy atom. The fourth-order valence-corrected chi connectivity index (χ4v) is 4.43. The molecule has 2 heterocycles. The molecule has 1 fully saturated rings. The standard InChI is InChI=1S/C21H21N3O2S/c1-15-22-20(24-26-15)21(13-5-6-14-21)23-19(25)12-10-17-9-11-18(27-17)16-7-3-2-4-8-16/h2-4,7-12H,5-6,13-14H2,1H3,(H,23,25)/b12-10+. The molecule has 1 N–H and O–H groups in total. The van der Waals surface area contributed by atoms with Gasteiger partial charge in [0.1, 0.15) is 5.54 Å². The molecule has 1 saturated carbocycles. The zero-order valence-electron chi connectivity index (χ0n) is 15.1. The molecule has 3 aromatic rings. The van der Waals surface area contributed by atoms with Crippen molar-refractivity contribution in [1.29, 1.82) is 0 Å². The number of rotatable bonds is 5. The lowest BCUT2D eigenvalue weighted by molar-refractivity contribution is -0.118. The summed E-state index contributed by atoms with van der Waals surface area (Å²) in [6.45, 7) is 1.77. The molecule has 138 valence electrons. The molecule has 0 spiro atoms. The first-order chi connectivity index (χ1) is 13.1. The normalized spacial score (nSPS) is 16.0. The van der Waals surface area contributed by atoms with Gasteiger partial charge in [-0.3, -0.25) is 4.79 Å². The predicted molar refractivity (Wildman–Crippen MR) is 106 cm³/mol. The maximum atomic E-state index is 12.6. The third kappa shape index (κ3) is 3.85. The molecule has 5 nitrogen and oxygen atoms in total. The van der Waals surface area contributed by atoms with E-state index in [9.17, 15) is 4.79 Å². The van der Waals surface area contributed by atoms with E-state index in [4.69, 9.17) is 4.52 Å². The molecule has 2 aromatic heterocycles. The summed E-state index contributed by atoms with van der Waals surface area (Å²) in [5, 5.41) is 7.18. The molecule has 4 rings (SSSR count). The van der Waals surface area contributed by atoms with E-state index in [0.717, 1.165) is 30.6 Å². The van der Waals surface area contributed by atoms with Crippen molar-refractivity contribution in [2.45, 2.75) is 38.1 Å². The quantitative estimate of drug-likeness (QED) is 0.652. The van der Waals surface area contributed by atoms with Crippen LogP contribution in [-0.2, 0) is 10.3 Å². The SMILES string of the molecule is Cc1nc(C2(NC(=O)/C=C/c3ccc(-c4ccccc4)s3)CCCC2)no1. The summed E-state index contributed by atoms with van der Waals surface area (Å²) in [4.78, 5) is 19.1. The topological polar surface area (TPSA) is 68.0 Å². The Morgan fingerprint density at radius 3 is 2.67 bits per heavy atom. The van der Waals surface area contributed by atoms with Crippen molar-refractivity contribution < 1.29 is 9.32 Å². The number of nitrogens with zero attached hydrogens (tertiary/aromatic N) is 2. The van der Waals surface area contributed by atoms with Gasteiger partial charge in [-0.1, -0.05) is 48.3 Å². The largest absolute Gasteiger partial charge is 0.340 e. The molecule has 6 heteroatoms.